The lowest BCUT2D eigenvalue weighted by atomic mass is 9.91. The molecule has 1 aromatic carbocycles. The molecular weight excluding hydrogens is 364 g/mol. The van der Waals surface area contributed by atoms with E-state index in [0.29, 0.717) is 24.6 Å². The molecule has 0 aromatic heterocycles. The predicted octanol–water partition coefficient (Wildman–Crippen LogP) is 3.46. The summed E-state index contributed by atoms with van der Waals surface area (Å²) >= 11 is 1.77. The van der Waals surface area contributed by atoms with E-state index in [2.05, 4.69) is 13.8 Å². The van der Waals surface area contributed by atoms with Crippen LogP contribution in [0.2, 0.25) is 0 Å². The number of thioether (sulfide) groups is 1. The zero-order valence-corrected chi connectivity index (χ0v) is 17.0. The highest BCUT2D eigenvalue weighted by molar-refractivity contribution is 7.99. The fourth-order valence-corrected chi connectivity index (χ4v) is 4.64. The van der Waals surface area contributed by atoms with Crippen molar-refractivity contribution in [2.75, 3.05) is 13.7 Å². The summed E-state index contributed by atoms with van der Waals surface area (Å²) in [6.45, 7) is 6.56. The van der Waals surface area contributed by atoms with Crippen molar-refractivity contribution < 1.29 is 19.1 Å². The number of esters is 1. The molecule has 2 saturated heterocycles. The first-order valence-corrected chi connectivity index (χ1v) is 10.2. The number of carbonyl (C=O) groups excluding carboxylic acids is 3. The number of benzene rings is 1. The number of ether oxygens (including phenoxy) is 1. The van der Waals surface area contributed by atoms with E-state index in [1.54, 1.807) is 16.7 Å². The molecule has 1 aromatic rings. The monoisotopic (exact) mass is 390 g/mol. The molecule has 3 rings (SSSR count). The maximum Gasteiger partial charge on any atom is 0.328 e. The number of methoxy groups -OCH3 is 1. The summed E-state index contributed by atoms with van der Waals surface area (Å²) in [6, 6.07) is 6.85. The van der Waals surface area contributed by atoms with Gasteiger partial charge < -0.3 is 9.64 Å². The van der Waals surface area contributed by atoms with E-state index in [1.807, 2.05) is 31.2 Å². The van der Waals surface area contributed by atoms with Crippen LogP contribution in [0.4, 0.5) is 4.79 Å². The number of hydrogen-bond donors (Lipinski definition) is 0. The Morgan fingerprint density at radius 2 is 1.85 bits per heavy atom. The summed E-state index contributed by atoms with van der Waals surface area (Å²) < 4.78 is 4.81. The number of hydrogen-bond acceptors (Lipinski definition) is 5. The number of nitrogens with zero attached hydrogens (tertiary/aromatic N) is 2. The largest absolute Gasteiger partial charge is 0.469 e. The molecule has 0 bridgehead atoms. The quantitative estimate of drug-likeness (QED) is 0.438. The number of imide groups is 1. The van der Waals surface area contributed by atoms with Crippen molar-refractivity contribution in [2.24, 2.45) is 5.92 Å². The van der Waals surface area contributed by atoms with E-state index in [0.717, 1.165) is 5.56 Å². The van der Waals surface area contributed by atoms with Crippen molar-refractivity contribution >= 4 is 29.7 Å². The topological polar surface area (TPSA) is 66.9 Å². The molecule has 3 amide bonds. The van der Waals surface area contributed by atoms with Gasteiger partial charge in [-0.25, -0.2) is 4.79 Å². The predicted molar refractivity (Wildman–Crippen MR) is 103 cm³/mol. The Kier molecular flexibility index (Phi) is 5.79. The first-order valence-electron chi connectivity index (χ1n) is 9.31. The summed E-state index contributed by atoms with van der Waals surface area (Å²) in [7, 11) is 1.35. The lowest BCUT2D eigenvalue weighted by molar-refractivity contribution is -0.147. The Labute approximate surface area is 164 Å². The van der Waals surface area contributed by atoms with Crippen LogP contribution in [0.15, 0.2) is 29.2 Å². The summed E-state index contributed by atoms with van der Waals surface area (Å²) in [5.74, 6) is -0.850. The first kappa shape index (κ1) is 19.7. The van der Waals surface area contributed by atoms with Crippen LogP contribution < -0.4 is 0 Å². The van der Waals surface area contributed by atoms with E-state index in [4.69, 9.17) is 4.74 Å². The number of piperidine rings is 1. The number of amides is 3. The van der Waals surface area contributed by atoms with E-state index < -0.39 is 6.04 Å². The lowest BCUT2D eigenvalue weighted by Crippen LogP contribution is -2.44. The molecule has 2 aliphatic heterocycles. The van der Waals surface area contributed by atoms with Crippen LogP contribution in [-0.4, -0.2) is 52.7 Å². The average Bonchev–Trinajstić information content (AvgIpc) is 2.91. The van der Waals surface area contributed by atoms with Gasteiger partial charge in [-0.3, -0.25) is 14.5 Å². The molecule has 0 saturated carbocycles. The normalized spacial score (nSPS) is 23.6. The molecule has 0 radical (unpaired) electrons. The second kappa shape index (κ2) is 7.92. The first-order chi connectivity index (χ1) is 12.8. The van der Waals surface area contributed by atoms with Gasteiger partial charge in [0.1, 0.15) is 6.04 Å². The minimum atomic E-state index is -0.562. The molecule has 6 nitrogen and oxygen atoms in total. The van der Waals surface area contributed by atoms with Crippen molar-refractivity contribution in [2.45, 2.75) is 55.8 Å². The van der Waals surface area contributed by atoms with Crippen molar-refractivity contribution in [1.29, 1.82) is 0 Å². The third-order valence-corrected chi connectivity index (χ3v) is 6.25. The molecule has 0 aliphatic carbocycles. The Morgan fingerprint density at radius 1 is 1.19 bits per heavy atom. The van der Waals surface area contributed by atoms with E-state index in [1.165, 1.54) is 16.9 Å². The van der Waals surface area contributed by atoms with Crippen LogP contribution in [0, 0.1) is 5.92 Å². The SMILES string of the molecule is COC(=O)[C@@H]1CCN2C(=O)N([C@@H](C)c3ccc(SC(C)C)cc3)C(=O)[C@@H]2C1. The molecule has 146 valence electrons. The van der Waals surface area contributed by atoms with Crippen LogP contribution in [0.5, 0.6) is 0 Å². The van der Waals surface area contributed by atoms with Crippen molar-refractivity contribution in [3.05, 3.63) is 29.8 Å². The lowest BCUT2D eigenvalue weighted by Gasteiger charge is -2.30. The maximum atomic E-state index is 12.9. The van der Waals surface area contributed by atoms with Crippen LogP contribution in [-0.2, 0) is 14.3 Å². The number of rotatable bonds is 5. The van der Waals surface area contributed by atoms with Crippen molar-refractivity contribution in [3.63, 3.8) is 0 Å². The Hall–Kier alpha value is -2.02. The molecule has 2 heterocycles. The summed E-state index contributed by atoms with van der Waals surface area (Å²) in [5, 5.41) is 0.494. The standard InChI is InChI=1S/C20H26N2O4S/c1-12(2)27-16-7-5-14(6-8-16)13(3)22-18(23)17-11-15(19(24)26-4)9-10-21(17)20(22)25/h5-8,12-13,15,17H,9-11H2,1-4H3/t13-,15+,17-/m0/s1. The number of fused-ring (bicyclic) bond motifs is 1. The second-order valence-corrected chi connectivity index (χ2v) is 9.01. The Morgan fingerprint density at radius 3 is 2.44 bits per heavy atom. The fraction of sp³-hybridized carbons (Fsp3) is 0.550. The molecule has 2 aliphatic rings. The fourth-order valence-electron chi connectivity index (χ4n) is 3.81. The van der Waals surface area contributed by atoms with Crippen LogP contribution >= 0.6 is 11.8 Å². The van der Waals surface area contributed by atoms with Gasteiger partial charge in [-0.1, -0.05) is 26.0 Å². The zero-order valence-electron chi connectivity index (χ0n) is 16.2. The summed E-state index contributed by atoms with van der Waals surface area (Å²) in [4.78, 5) is 41.7. The zero-order chi connectivity index (χ0) is 19.7. The highest BCUT2D eigenvalue weighted by Gasteiger charge is 2.50. The molecule has 3 atom stereocenters. The smallest absolute Gasteiger partial charge is 0.328 e. The molecule has 27 heavy (non-hydrogen) atoms. The highest BCUT2D eigenvalue weighted by Crippen LogP contribution is 2.35. The molecule has 0 unspecified atom stereocenters. The molecule has 0 spiro atoms. The molecule has 0 N–H and O–H groups in total. The number of carbonyl (C=O) groups is 3. The van der Waals surface area contributed by atoms with Gasteiger partial charge >= 0.3 is 12.0 Å². The van der Waals surface area contributed by atoms with Crippen molar-refractivity contribution in [3.8, 4) is 0 Å². The van der Waals surface area contributed by atoms with Gasteiger partial charge in [-0.05, 0) is 37.5 Å². The minimum Gasteiger partial charge on any atom is -0.469 e. The van der Waals surface area contributed by atoms with Gasteiger partial charge in [0.2, 0.25) is 0 Å². The third-order valence-electron chi connectivity index (χ3n) is 5.23. The van der Waals surface area contributed by atoms with E-state index >= 15 is 0 Å². The van der Waals surface area contributed by atoms with Crippen LogP contribution in [0.25, 0.3) is 0 Å². The van der Waals surface area contributed by atoms with Crippen LogP contribution in [0.1, 0.15) is 45.2 Å². The third kappa shape index (κ3) is 3.83. The highest BCUT2D eigenvalue weighted by atomic mass is 32.2. The summed E-state index contributed by atoms with van der Waals surface area (Å²) in [5.41, 5.74) is 0.925. The second-order valence-electron chi connectivity index (χ2n) is 7.36. The van der Waals surface area contributed by atoms with Gasteiger partial charge in [-0.15, -0.1) is 11.8 Å². The number of urea groups is 1. The van der Waals surface area contributed by atoms with Crippen molar-refractivity contribution in [1.82, 2.24) is 9.80 Å². The van der Waals surface area contributed by atoms with Gasteiger partial charge in [0.05, 0.1) is 19.1 Å². The van der Waals surface area contributed by atoms with Crippen LogP contribution in [0.3, 0.4) is 0 Å². The summed E-state index contributed by atoms with van der Waals surface area (Å²) in [6.07, 6.45) is 0.871. The minimum absolute atomic E-state index is 0.221. The Bertz CT molecular complexity index is 734. The molecule has 7 heteroatoms. The van der Waals surface area contributed by atoms with E-state index in [-0.39, 0.29) is 29.9 Å². The molecular formula is C20H26N2O4S. The van der Waals surface area contributed by atoms with E-state index in [9.17, 15) is 14.4 Å². The van der Waals surface area contributed by atoms with Gasteiger partial charge in [0, 0.05) is 16.7 Å². The average molecular weight is 391 g/mol. The van der Waals surface area contributed by atoms with Gasteiger partial charge in [0.15, 0.2) is 0 Å². The Balaban J connectivity index is 1.76. The van der Waals surface area contributed by atoms with Gasteiger partial charge in [-0.2, -0.15) is 0 Å². The molecule has 2 fully saturated rings. The maximum absolute atomic E-state index is 12.9. The van der Waals surface area contributed by atoms with Gasteiger partial charge in [0.25, 0.3) is 5.91 Å².